The van der Waals surface area contributed by atoms with Crippen molar-refractivity contribution in [3.63, 3.8) is 0 Å². The number of hydrogen-bond acceptors (Lipinski definition) is 2. The van der Waals surface area contributed by atoms with Gasteiger partial charge in [0.05, 0.1) is 6.10 Å². The van der Waals surface area contributed by atoms with E-state index in [2.05, 4.69) is 13.8 Å². The average Bonchev–Trinajstić information content (AvgIpc) is 2.00. The molecular weight excluding hydrogens is 152 g/mol. The summed E-state index contributed by atoms with van der Waals surface area (Å²) in [6.45, 7) is 8.12. The Hall–Kier alpha value is -0.530. The first-order valence-electron chi connectivity index (χ1n) is 4.75. The molecule has 0 rings (SSSR count). The third-order valence-electron chi connectivity index (χ3n) is 1.77. The lowest BCUT2D eigenvalue weighted by Crippen LogP contribution is -2.14. The standard InChI is InChI=1S/C10H20O2/c1-5-10(11)12-9(4)7-6-8(2)3/h8-9H,5-7H2,1-4H3. The molecule has 0 aromatic rings. The Bertz CT molecular complexity index is 130. The minimum Gasteiger partial charge on any atom is -0.463 e. The van der Waals surface area contributed by atoms with E-state index >= 15 is 0 Å². The molecule has 12 heavy (non-hydrogen) atoms. The second-order valence-electron chi connectivity index (χ2n) is 3.63. The largest absolute Gasteiger partial charge is 0.463 e. The smallest absolute Gasteiger partial charge is 0.305 e. The lowest BCUT2D eigenvalue weighted by atomic mass is 10.1. The van der Waals surface area contributed by atoms with Crippen molar-refractivity contribution in [2.75, 3.05) is 0 Å². The van der Waals surface area contributed by atoms with Gasteiger partial charge in [0.2, 0.25) is 0 Å². The summed E-state index contributed by atoms with van der Waals surface area (Å²) in [5.41, 5.74) is 0. The molecule has 0 N–H and O–H groups in total. The van der Waals surface area contributed by atoms with E-state index in [-0.39, 0.29) is 12.1 Å². The third-order valence-corrected chi connectivity index (χ3v) is 1.77. The summed E-state index contributed by atoms with van der Waals surface area (Å²) in [6, 6.07) is 0. The highest BCUT2D eigenvalue weighted by atomic mass is 16.5. The van der Waals surface area contributed by atoms with Crippen molar-refractivity contribution < 1.29 is 9.53 Å². The van der Waals surface area contributed by atoms with Crippen LogP contribution in [0.4, 0.5) is 0 Å². The van der Waals surface area contributed by atoms with Crippen LogP contribution in [0.2, 0.25) is 0 Å². The Kier molecular flexibility index (Phi) is 5.77. The number of esters is 1. The second kappa shape index (κ2) is 6.04. The van der Waals surface area contributed by atoms with Gasteiger partial charge in [-0.25, -0.2) is 0 Å². The molecule has 0 saturated heterocycles. The molecule has 0 saturated carbocycles. The maximum atomic E-state index is 10.8. The van der Waals surface area contributed by atoms with Crippen LogP contribution in [0.25, 0.3) is 0 Å². The molecule has 0 amide bonds. The van der Waals surface area contributed by atoms with Crippen molar-refractivity contribution in [1.29, 1.82) is 0 Å². The molecule has 2 heteroatoms. The van der Waals surface area contributed by atoms with Gasteiger partial charge in [-0.3, -0.25) is 4.79 Å². The highest BCUT2D eigenvalue weighted by Gasteiger charge is 2.07. The van der Waals surface area contributed by atoms with Crippen molar-refractivity contribution in [2.24, 2.45) is 5.92 Å². The topological polar surface area (TPSA) is 26.3 Å². The van der Waals surface area contributed by atoms with Gasteiger partial charge in [0.25, 0.3) is 0 Å². The van der Waals surface area contributed by atoms with Crippen LogP contribution in [0.15, 0.2) is 0 Å². The van der Waals surface area contributed by atoms with Gasteiger partial charge in [-0.05, 0) is 25.7 Å². The van der Waals surface area contributed by atoms with Crippen LogP contribution < -0.4 is 0 Å². The van der Waals surface area contributed by atoms with Gasteiger partial charge >= 0.3 is 5.97 Å². The average molecular weight is 172 g/mol. The van der Waals surface area contributed by atoms with Gasteiger partial charge in [-0.2, -0.15) is 0 Å². The summed E-state index contributed by atoms with van der Waals surface area (Å²) in [5, 5.41) is 0. The monoisotopic (exact) mass is 172 g/mol. The summed E-state index contributed by atoms with van der Waals surface area (Å²) in [7, 11) is 0. The summed E-state index contributed by atoms with van der Waals surface area (Å²) in [4.78, 5) is 10.8. The van der Waals surface area contributed by atoms with E-state index in [1.807, 2.05) is 13.8 Å². The van der Waals surface area contributed by atoms with E-state index in [0.717, 1.165) is 12.8 Å². The lowest BCUT2D eigenvalue weighted by Gasteiger charge is -2.13. The lowest BCUT2D eigenvalue weighted by molar-refractivity contribution is -0.148. The molecule has 0 aromatic carbocycles. The van der Waals surface area contributed by atoms with Crippen LogP contribution >= 0.6 is 0 Å². The summed E-state index contributed by atoms with van der Waals surface area (Å²) >= 11 is 0. The zero-order valence-corrected chi connectivity index (χ0v) is 8.59. The van der Waals surface area contributed by atoms with E-state index in [9.17, 15) is 4.79 Å². The molecule has 0 aliphatic rings. The number of hydrogen-bond donors (Lipinski definition) is 0. The molecule has 0 heterocycles. The quantitative estimate of drug-likeness (QED) is 0.596. The first-order valence-corrected chi connectivity index (χ1v) is 4.75. The van der Waals surface area contributed by atoms with Crippen LogP contribution in [0.3, 0.4) is 0 Å². The number of ether oxygens (including phenoxy) is 1. The molecule has 0 bridgehead atoms. The molecule has 2 nitrogen and oxygen atoms in total. The van der Waals surface area contributed by atoms with Crippen molar-refractivity contribution in [3.05, 3.63) is 0 Å². The van der Waals surface area contributed by atoms with E-state index in [1.165, 1.54) is 0 Å². The van der Waals surface area contributed by atoms with Crippen molar-refractivity contribution in [3.8, 4) is 0 Å². The van der Waals surface area contributed by atoms with Crippen molar-refractivity contribution in [2.45, 2.75) is 53.1 Å². The Morgan fingerprint density at radius 3 is 2.25 bits per heavy atom. The highest BCUT2D eigenvalue weighted by Crippen LogP contribution is 2.09. The zero-order chi connectivity index (χ0) is 9.56. The van der Waals surface area contributed by atoms with Gasteiger partial charge in [-0.15, -0.1) is 0 Å². The minimum absolute atomic E-state index is 0.0832. The van der Waals surface area contributed by atoms with Crippen LogP contribution in [0, 0.1) is 5.92 Å². The molecule has 0 aromatic heterocycles. The molecule has 72 valence electrons. The zero-order valence-electron chi connectivity index (χ0n) is 8.59. The summed E-state index contributed by atoms with van der Waals surface area (Å²) in [6.07, 6.45) is 2.66. The number of carbonyl (C=O) groups excluding carboxylic acids is 1. The van der Waals surface area contributed by atoms with Crippen molar-refractivity contribution >= 4 is 5.97 Å². The maximum absolute atomic E-state index is 10.8. The van der Waals surface area contributed by atoms with E-state index in [1.54, 1.807) is 0 Å². The molecule has 0 fully saturated rings. The molecular formula is C10H20O2. The predicted molar refractivity (Wildman–Crippen MR) is 49.9 cm³/mol. The van der Waals surface area contributed by atoms with Gasteiger partial charge < -0.3 is 4.74 Å². The fourth-order valence-corrected chi connectivity index (χ4v) is 0.935. The summed E-state index contributed by atoms with van der Waals surface area (Å²) in [5.74, 6) is 0.596. The first-order chi connectivity index (χ1) is 5.56. The van der Waals surface area contributed by atoms with Gasteiger partial charge in [-0.1, -0.05) is 20.8 Å². The van der Waals surface area contributed by atoms with Gasteiger partial charge in [0.1, 0.15) is 0 Å². The van der Waals surface area contributed by atoms with Crippen LogP contribution in [0.1, 0.15) is 47.0 Å². The molecule has 0 spiro atoms. The Balaban J connectivity index is 3.45. The Morgan fingerprint density at radius 1 is 1.25 bits per heavy atom. The van der Waals surface area contributed by atoms with E-state index in [4.69, 9.17) is 4.74 Å². The normalized spacial score (nSPS) is 13.1. The fraction of sp³-hybridized carbons (Fsp3) is 0.900. The Morgan fingerprint density at radius 2 is 1.83 bits per heavy atom. The fourth-order valence-electron chi connectivity index (χ4n) is 0.935. The molecule has 0 radical (unpaired) electrons. The number of rotatable bonds is 5. The van der Waals surface area contributed by atoms with Crippen molar-refractivity contribution in [1.82, 2.24) is 0 Å². The molecule has 0 aliphatic heterocycles. The second-order valence-corrected chi connectivity index (χ2v) is 3.63. The third kappa shape index (κ3) is 6.20. The van der Waals surface area contributed by atoms with Gasteiger partial charge in [0.15, 0.2) is 0 Å². The molecule has 1 atom stereocenters. The minimum atomic E-state index is -0.0914. The predicted octanol–water partition coefficient (Wildman–Crippen LogP) is 2.76. The number of carbonyl (C=O) groups is 1. The van der Waals surface area contributed by atoms with Crippen LogP contribution in [0.5, 0.6) is 0 Å². The molecule has 1 unspecified atom stereocenters. The summed E-state index contributed by atoms with van der Waals surface area (Å²) < 4.78 is 5.11. The molecule has 0 aliphatic carbocycles. The van der Waals surface area contributed by atoms with E-state index in [0.29, 0.717) is 12.3 Å². The van der Waals surface area contributed by atoms with Gasteiger partial charge in [0, 0.05) is 6.42 Å². The van der Waals surface area contributed by atoms with E-state index < -0.39 is 0 Å². The SMILES string of the molecule is CCC(=O)OC(C)CCC(C)C. The first kappa shape index (κ1) is 11.5. The maximum Gasteiger partial charge on any atom is 0.305 e. The van der Waals surface area contributed by atoms with Crippen LogP contribution in [-0.4, -0.2) is 12.1 Å². The Labute approximate surface area is 75.3 Å². The highest BCUT2D eigenvalue weighted by molar-refractivity contribution is 5.69. The van der Waals surface area contributed by atoms with Crippen LogP contribution in [-0.2, 0) is 9.53 Å².